The van der Waals surface area contributed by atoms with Gasteiger partial charge in [-0.3, -0.25) is 0 Å². The zero-order valence-corrected chi connectivity index (χ0v) is 24.1. The van der Waals surface area contributed by atoms with E-state index in [-0.39, 0.29) is 28.9 Å². The second-order valence-electron chi connectivity index (χ2n) is 10.1. The quantitative estimate of drug-likeness (QED) is 0.366. The average molecular weight is 595 g/mol. The second-order valence-corrected chi connectivity index (χ2v) is 13.8. The van der Waals surface area contributed by atoms with Crippen LogP contribution in [0.3, 0.4) is 0 Å². The molecule has 1 saturated carbocycles. The summed E-state index contributed by atoms with van der Waals surface area (Å²) in [5, 5.41) is 12.1. The summed E-state index contributed by atoms with van der Waals surface area (Å²) >= 11 is 0.898. The molecule has 1 aliphatic rings. The fourth-order valence-corrected chi connectivity index (χ4v) is 6.75. The number of benzene rings is 2. The van der Waals surface area contributed by atoms with Gasteiger partial charge in [0.05, 0.1) is 0 Å². The van der Waals surface area contributed by atoms with Crippen molar-refractivity contribution < 1.29 is 9.59 Å². The van der Waals surface area contributed by atoms with Gasteiger partial charge in [0.15, 0.2) is 0 Å². The summed E-state index contributed by atoms with van der Waals surface area (Å²) in [6.07, 6.45) is 2.70. The van der Waals surface area contributed by atoms with Gasteiger partial charge in [-0.2, -0.15) is 0 Å². The monoisotopic (exact) mass is 596 g/mol. The molecule has 2 aromatic rings. The van der Waals surface area contributed by atoms with E-state index in [1.807, 2.05) is 24.3 Å². The van der Waals surface area contributed by atoms with E-state index in [4.69, 9.17) is 0 Å². The summed E-state index contributed by atoms with van der Waals surface area (Å²) < 4.78 is 2.61. The summed E-state index contributed by atoms with van der Waals surface area (Å²) in [4.78, 5) is 25.2. The molecule has 0 aliphatic heterocycles. The van der Waals surface area contributed by atoms with Gasteiger partial charge in [-0.1, -0.05) is 0 Å². The number of carbonyl (C=O) groups excluding carboxylic acids is 2. The van der Waals surface area contributed by atoms with Crippen molar-refractivity contribution >= 4 is 62.3 Å². The van der Waals surface area contributed by atoms with E-state index < -0.39 is 0 Å². The first-order chi connectivity index (χ1) is 16.1. The Balaban J connectivity index is 1.54. The van der Waals surface area contributed by atoms with Crippen LogP contribution in [0.5, 0.6) is 0 Å². The molecule has 184 valence electrons. The summed E-state index contributed by atoms with van der Waals surface area (Å²) in [5.74, 6) is 4.34. The van der Waals surface area contributed by atoms with Crippen LogP contribution in [0.25, 0.3) is 0 Å². The van der Waals surface area contributed by atoms with Crippen LogP contribution in [0.2, 0.25) is 11.6 Å². The number of hydrogen-bond acceptors (Lipinski definition) is 2. The summed E-state index contributed by atoms with van der Waals surface area (Å²) in [5.41, 5.74) is 1.54. The molecule has 0 spiro atoms. The molecule has 1 fully saturated rings. The molecule has 0 radical (unpaired) electrons. The van der Waals surface area contributed by atoms with Crippen molar-refractivity contribution in [1.82, 2.24) is 10.6 Å². The predicted molar refractivity (Wildman–Crippen MR) is 144 cm³/mol. The van der Waals surface area contributed by atoms with Crippen LogP contribution >= 0.6 is 0 Å². The van der Waals surface area contributed by atoms with Crippen LogP contribution in [-0.2, 0) is 0 Å². The fourth-order valence-electron chi connectivity index (χ4n) is 5.04. The van der Waals surface area contributed by atoms with Gasteiger partial charge in [0.1, 0.15) is 0 Å². The Labute approximate surface area is 216 Å². The normalized spacial score (nSPS) is 21.4. The van der Waals surface area contributed by atoms with Gasteiger partial charge in [0.2, 0.25) is 0 Å². The Bertz CT molecular complexity index is 979. The van der Waals surface area contributed by atoms with Crippen molar-refractivity contribution in [3.8, 4) is 0 Å². The molecule has 2 atom stereocenters. The zero-order chi connectivity index (χ0) is 24.8. The molecular formula is C26H36N4O2Se2. The number of carbonyl (C=O) groups is 2. The van der Waals surface area contributed by atoms with E-state index in [1.165, 1.54) is 8.92 Å². The molecular weight excluding hydrogens is 558 g/mol. The molecule has 0 bridgehead atoms. The van der Waals surface area contributed by atoms with E-state index in [0.29, 0.717) is 36.5 Å². The SMILES string of the molecule is C[Se]c1ccc(NC(=O)NCC2(C)CC(NC(=O)Nc3ccc([Se]C)cc3)CC(C)(C)C2)cc1. The van der Waals surface area contributed by atoms with E-state index in [9.17, 15) is 9.59 Å². The van der Waals surface area contributed by atoms with E-state index >= 15 is 0 Å². The third kappa shape index (κ3) is 8.06. The molecule has 0 aromatic heterocycles. The summed E-state index contributed by atoms with van der Waals surface area (Å²) in [6.45, 7) is 7.22. The van der Waals surface area contributed by atoms with E-state index in [1.54, 1.807) is 0 Å². The fraction of sp³-hybridized carbons (Fsp3) is 0.462. The van der Waals surface area contributed by atoms with Gasteiger partial charge < -0.3 is 0 Å². The Morgan fingerprint density at radius 1 is 0.824 bits per heavy atom. The Morgan fingerprint density at radius 2 is 1.32 bits per heavy atom. The van der Waals surface area contributed by atoms with Gasteiger partial charge in [0, 0.05) is 0 Å². The van der Waals surface area contributed by atoms with Crippen LogP contribution in [-0.4, -0.2) is 54.6 Å². The molecule has 2 aromatic carbocycles. The predicted octanol–water partition coefficient (Wildman–Crippen LogP) is 3.97. The second kappa shape index (κ2) is 11.6. The third-order valence-electron chi connectivity index (χ3n) is 6.15. The first-order valence-corrected chi connectivity index (χ1v) is 16.6. The Kier molecular flexibility index (Phi) is 9.11. The van der Waals surface area contributed by atoms with Crippen molar-refractivity contribution in [3.63, 3.8) is 0 Å². The molecule has 0 saturated heterocycles. The van der Waals surface area contributed by atoms with Crippen molar-refractivity contribution in [2.24, 2.45) is 10.8 Å². The number of hydrogen-bond donors (Lipinski definition) is 4. The van der Waals surface area contributed by atoms with Crippen molar-refractivity contribution in [2.45, 2.75) is 57.7 Å². The van der Waals surface area contributed by atoms with Crippen LogP contribution in [0.4, 0.5) is 21.0 Å². The number of urea groups is 2. The maximum atomic E-state index is 12.7. The topological polar surface area (TPSA) is 82.3 Å². The summed E-state index contributed by atoms with van der Waals surface area (Å²) in [6, 6.07) is 15.7. The molecule has 8 heteroatoms. The van der Waals surface area contributed by atoms with E-state index in [0.717, 1.165) is 30.6 Å². The standard InChI is InChI=1S/C26H36N4O2Se2/c1-25(2)14-20(30-24(32)29-19-8-12-22(34-5)13-9-19)15-26(3,16-25)17-27-23(31)28-18-6-10-21(33-4)11-7-18/h6-13,20H,14-17H2,1-5H3,(H2,27,28,31)(H2,29,30,32). The molecule has 4 N–H and O–H groups in total. The van der Waals surface area contributed by atoms with Gasteiger partial charge in [-0.15, -0.1) is 0 Å². The molecule has 2 unspecified atom stereocenters. The molecule has 0 heterocycles. The zero-order valence-electron chi connectivity index (χ0n) is 20.7. The molecule has 1 aliphatic carbocycles. The Morgan fingerprint density at radius 3 is 1.82 bits per heavy atom. The third-order valence-corrected chi connectivity index (χ3v) is 9.27. The molecule has 34 heavy (non-hydrogen) atoms. The molecule has 4 amide bonds. The molecule has 3 rings (SSSR count). The van der Waals surface area contributed by atoms with Crippen LogP contribution < -0.4 is 30.2 Å². The molecule has 6 nitrogen and oxygen atoms in total. The van der Waals surface area contributed by atoms with Crippen molar-refractivity contribution in [2.75, 3.05) is 17.2 Å². The van der Waals surface area contributed by atoms with Crippen LogP contribution in [0.1, 0.15) is 40.0 Å². The van der Waals surface area contributed by atoms with Gasteiger partial charge in [-0.05, 0) is 0 Å². The average Bonchev–Trinajstić information content (AvgIpc) is 2.77. The van der Waals surface area contributed by atoms with Crippen LogP contribution in [0, 0.1) is 10.8 Å². The van der Waals surface area contributed by atoms with Gasteiger partial charge in [0.25, 0.3) is 0 Å². The minimum atomic E-state index is -0.196. The first kappa shape index (κ1) is 26.6. The Hall–Kier alpha value is -1.98. The number of nitrogens with one attached hydrogen (secondary N) is 4. The number of anilines is 2. The van der Waals surface area contributed by atoms with Crippen molar-refractivity contribution in [3.05, 3.63) is 48.5 Å². The van der Waals surface area contributed by atoms with Crippen molar-refractivity contribution in [1.29, 1.82) is 0 Å². The van der Waals surface area contributed by atoms with Crippen LogP contribution in [0.15, 0.2) is 48.5 Å². The maximum absolute atomic E-state index is 12.7. The van der Waals surface area contributed by atoms with Gasteiger partial charge >= 0.3 is 217 Å². The number of amides is 4. The summed E-state index contributed by atoms with van der Waals surface area (Å²) in [7, 11) is 0. The van der Waals surface area contributed by atoms with E-state index in [2.05, 4.69) is 77.9 Å². The number of rotatable bonds is 7. The minimum absolute atomic E-state index is 0.0420. The van der Waals surface area contributed by atoms with Gasteiger partial charge in [-0.25, -0.2) is 0 Å². The first-order valence-electron chi connectivity index (χ1n) is 11.5.